The summed E-state index contributed by atoms with van der Waals surface area (Å²) in [5.74, 6) is 1.63. The molecule has 2 aliphatic heterocycles. The molecule has 2 unspecified atom stereocenters. The van der Waals surface area contributed by atoms with E-state index in [-0.39, 0.29) is 5.91 Å². The summed E-state index contributed by atoms with van der Waals surface area (Å²) in [6.45, 7) is 9.58. The number of nitrogens with one attached hydrogen (secondary N) is 1. The molecular formula is C25H37N5O. The van der Waals surface area contributed by atoms with Crippen LogP contribution in [0.25, 0.3) is 0 Å². The number of aryl methyl sites for hydroxylation is 2. The topological polar surface area (TPSA) is 53.4 Å². The van der Waals surface area contributed by atoms with Crippen molar-refractivity contribution < 1.29 is 4.79 Å². The van der Waals surface area contributed by atoms with Gasteiger partial charge in [0.2, 0.25) is 5.91 Å². The van der Waals surface area contributed by atoms with Crippen LogP contribution in [-0.2, 0) is 17.9 Å². The molecule has 1 aromatic carbocycles. The molecule has 1 aromatic heterocycles. The molecule has 1 amide bonds. The largest absolute Gasteiger partial charge is 0.384 e. The molecule has 1 N–H and O–H groups in total. The number of carbonyl (C=O) groups excluding carboxylic acids is 1. The zero-order valence-corrected chi connectivity index (χ0v) is 19.5. The average molecular weight is 424 g/mol. The molecule has 4 rings (SSSR count). The second kappa shape index (κ2) is 9.43. The highest BCUT2D eigenvalue weighted by Gasteiger charge is 2.33. The minimum atomic E-state index is 0.229. The highest BCUT2D eigenvalue weighted by atomic mass is 16.2. The number of para-hydroxylation sites is 1. The average Bonchev–Trinajstić information content (AvgIpc) is 3.33. The molecule has 2 aliphatic rings. The minimum absolute atomic E-state index is 0.229. The molecule has 2 aromatic rings. The van der Waals surface area contributed by atoms with E-state index in [0.717, 1.165) is 25.3 Å². The molecule has 0 spiro atoms. The summed E-state index contributed by atoms with van der Waals surface area (Å²) >= 11 is 0. The summed E-state index contributed by atoms with van der Waals surface area (Å²) in [5, 5.41) is 3.69. The van der Waals surface area contributed by atoms with Gasteiger partial charge in [-0.1, -0.05) is 32.0 Å². The third kappa shape index (κ3) is 4.79. The maximum absolute atomic E-state index is 13.5. The standard InChI is InChI=1S/C25H37N5O/c1-18(2)25-27-13-15-29(25)14-11-23(31)30-16-20-7-5-6-19(3)24(20)26-12-10-21-8-9-22(17-30)28(21)4/h5-7,13,15,18,21-22,26H,8-12,14,16-17H2,1-4H3. The number of amides is 1. The molecule has 6 heteroatoms. The van der Waals surface area contributed by atoms with Crippen molar-refractivity contribution in [3.63, 3.8) is 0 Å². The number of hydrogen-bond acceptors (Lipinski definition) is 4. The number of nitrogens with zero attached hydrogens (tertiary/aromatic N) is 4. The SMILES string of the molecule is Cc1cccc2c1NCCC1CCC(CN(C(=O)CCn3ccnc3C(C)C)C2)N1C. The van der Waals surface area contributed by atoms with Crippen molar-refractivity contribution >= 4 is 11.6 Å². The van der Waals surface area contributed by atoms with Crippen LogP contribution < -0.4 is 5.32 Å². The summed E-state index contributed by atoms with van der Waals surface area (Å²) in [6.07, 6.45) is 7.87. The van der Waals surface area contributed by atoms with Crippen LogP contribution in [0.5, 0.6) is 0 Å². The Balaban J connectivity index is 1.55. The molecule has 2 bridgehead atoms. The zero-order valence-electron chi connectivity index (χ0n) is 19.5. The van der Waals surface area contributed by atoms with Crippen LogP contribution in [0.15, 0.2) is 30.6 Å². The van der Waals surface area contributed by atoms with Gasteiger partial charge >= 0.3 is 0 Å². The van der Waals surface area contributed by atoms with Crippen LogP contribution in [0.4, 0.5) is 5.69 Å². The summed E-state index contributed by atoms with van der Waals surface area (Å²) in [7, 11) is 2.24. The quantitative estimate of drug-likeness (QED) is 0.807. The Bertz CT molecular complexity index is 905. The van der Waals surface area contributed by atoms with Crippen molar-refractivity contribution in [2.24, 2.45) is 0 Å². The van der Waals surface area contributed by atoms with E-state index in [1.54, 1.807) is 0 Å². The molecule has 2 atom stereocenters. The fourth-order valence-electron chi connectivity index (χ4n) is 5.23. The molecule has 0 aliphatic carbocycles. The van der Waals surface area contributed by atoms with E-state index < -0.39 is 0 Å². The predicted octanol–water partition coefficient (Wildman–Crippen LogP) is 4.01. The van der Waals surface area contributed by atoms with Gasteiger partial charge in [-0.3, -0.25) is 9.69 Å². The van der Waals surface area contributed by atoms with Crippen LogP contribution in [0, 0.1) is 6.92 Å². The number of aromatic nitrogens is 2. The highest BCUT2D eigenvalue weighted by Crippen LogP contribution is 2.29. The smallest absolute Gasteiger partial charge is 0.224 e. The van der Waals surface area contributed by atoms with Gasteiger partial charge in [0.15, 0.2) is 0 Å². The van der Waals surface area contributed by atoms with Gasteiger partial charge in [0.25, 0.3) is 0 Å². The van der Waals surface area contributed by atoms with Gasteiger partial charge in [-0.25, -0.2) is 4.98 Å². The van der Waals surface area contributed by atoms with Gasteiger partial charge in [-0.15, -0.1) is 0 Å². The molecule has 168 valence electrons. The number of carbonyl (C=O) groups is 1. The van der Waals surface area contributed by atoms with Crippen molar-refractivity contribution in [1.82, 2.24) is 19.4 Å². The number of benzene rings is 1. The third-order valence-electron chi connectivity index (χ3n) is 7.10. The predicted molar refractivity (Wildman–Crippen MR) is 125 cm³/mol. The molecular weight excluding hydrogens is 386 g/mol. The maximum Gasteiger partial charge on any atom is 0.224 e. The first kappa shape index (κ1) is 21.9. The Hall–Kier alpha value is -2.34. The number of likely N-dealkylation sites (N-methyl/N-ethyl adjacent to an activating group) is 1. The van der Waals surface area contributed by atoms with E-state index in [4.69, 9.17) is 0 Å². The van der Waals surface area contributed by atoms with E-state index in [1.165, 1.54) is 29.7 Å². The van der Waals surface area contributed by atoms with E-state index in [9.17, 15) is 4.79 Å². The summed E-state index contributed by atoms with van der Waals surface area (Å²) < 4.78 is 2.13. The molecule has 1 saturated heterocycles. The van der Waals surface area contributed by atoms with Gasteiger partial charge in [0, 0.05) is 68.7 Å². The monoisotopic (exact) mass is 423 g/mol. The van der Waals surface area contributed by atoms with E-state index >= 15 is 0 Å². The Morgan fingerprint density at radius 2 is 2.03 bits per heavy atom. The fourth-order valence-corrected chi connectivity index (χ4v) is 5.23. The Morgan fingerprint density at radius 3 is 2.84 bits per heavy atom. The third-order valence-corrected chi connectivity index (χ3v) is 7.10. The minimum Gasteiger partial charge on any atom is -0.384 e. The Kier molecular flexibility index (Phi) is 6.65. The van der Waals surface area contributed by atoms with Gasteiger partial charge < -0.3 is 14.8 Å². The van der Waals surface area contributed by atoms with Crippen molar-refractivity contribution in [2.45, 2.75) is 77.5 Å². The first-order chi connectivity index (χ1) is 14.9. The first-order valence-electron chi connectivity index (χ1n) is 11.8. The van der Waals surface area contributed by atoms with Crippen molar-refractivity contribution in [3.8, 4) is 0 Å². The highest BCUT2D eigenvalue weighted by molar-refractivity contribution is 5.76. The van der Waals surface area contributed by atoms with E-state index in [1.807, 2.05) is 12.4 Å². The summed E-state index contributed by atoms with van der Waals surface area (Å²) in [5.41, 5.74) is 3.68. The number of fused-ring (bicyclic) bond motifs is 3. The lowest BCUT2D eigenvalue weighted by atomic mass is 10.0. The first-order valence-corrected chi connectivity index (χ1v) is 11.8. The van der Waals surface area contributed by atoms with E-state index in [2.05, 4.69) is 70.7 Å². The van der Waals surface area contributed by atoms with Gasteiger partial charge in [0.1, 0.15) is 5.82 Å². The fraction of sp³-hybridized carbons (Fsp3) is 0.600. The van der Waals surface area contributed by atoms with Crippen molar-refractivity contribution in [3.05, 3.63) is 47.5 Å². The number of hydrogen-bond donors (Lipinski definition) is 1. The maximum atomic E-state index is 13.5. The summed E-state index contributed by atoms with van der Waals surface area (Å²) in [4.78, 5) is 22.5. The number of rotatable bonds is 4. The van der Waals surface area contributed by atoms with Crippen molar-refractivity contribution in [1.29, 1.82) is 0 Å². The molecule has 0 radical (unpaired) electrons. The van der Waals surface area contributed by atoms with Crippen LogP contribution >= 0.6 is 0 Å². The molecule has 31 heavy (non-hydrogen) atoms. The van der Waals surface area contributed by atoms with Crippen LogP contribution in [0.1, 0.15) is 62.4 Å². The van der Waals surface area contributed by atoms with Gasteiger partial charge in [-0.05, 0) is 44.4 Å². The van der Waals surface area contributed by atoms with Gasteiger partial charge in [0.05, 0.1) is 0 Å². The van der Waals surface area contributed by atoms with Crippen molar-refractivity contribution in [2.75, 3.05) is 25.5 Å². The number of imidazole rings is 1. The second-order valence-corrected chi connectivity index (χ2v) is 9.53. The van der Waals surface area contributed by atoms with E-state index in [0.29, 0.717) is 37.5 Å². The van der Waals surface area contributed by atoms with Crippen LogP contribution in [-0.4, -0.2) is 57.5 Å². The molecule has 3 heterocycles. The Labute approximate surface area is 186 Å². The second-order valence-electron chi connectivity index (χ2n) is 9.53. The van der Waals surface area contributed by atoms with Crippen LogP contribution in [0.3, 0.4) is 0 Å². The lowest BCUT2D eigenvalue weighted by molar-refractivity contribution is -0.132. The van der Waals surface area contributed by atoms with Crippen LogP contribution in [0.2, 0.25) is 0 Å². The lowest BCUT2D eigenvalue weighted by Crippen LogP contribution is -2.43. The summed E-state index contributed by atoms with van der Waals surface area (Å²) in [6, 6.07) is 7.47. The molecule has 0 saturated carbocycles. The molecule has 1 fully saturated rings. The van der Waals surface area contributed by atoms with Gasteiger partial charge in [-0.2, -0.15) is 0 Å². The zero-order chi connectivity index (χ0) is 22.0. The molecule has 6 nitrogen and oxygen atoms in total. The normalized spacial score (nSPS) is 22.2. The Morgan fingerprint density at radius 1 is 1.23 bits per heavy atom. The lowest BCUT2D eigenvalue weighted by Gasteiger charge is -2.31. The number of anilines is 1.